The zero-order chi connectivity index (χ0) is 30.1. The molecule has 3 aromatic carbocycles. The van der Waals surface area contributed by atoms with E-state index in [2.05, 4.69) is 6.92 Å². The third-order valence-corrected chi connectivity index (χ3v) is 6.70. The minimum Gasteiger partial charge on any atom is -0.493 e. The van der Waals surface area contributed by atoms with E-state index in [9.17, 15) is 19.6 Å². The number of esters is 1. The molecule has 0 fully saturated rings. The lowest BCUT2D eigenvalue weighted by atomic mass is 10.1. The molecule has 0 aliphatic heterocycles. The smallest absolute Gasteiger partial charge is 0.354 e. The number of fused-ring (bicyclic) bond motifs is 1. The Morgan fingerprint density at radius 1 is 0.810 bits per heavy atom. The number of unbranched alkanes of at least 4 members (excludes halogenated alkanes) is 3. The van der Waals surface area contributed by atoms with Gasteiger partial charge in [-0.25, -0.2) is 4.79 Å². The number of nitrogens with zero attached hydrogens (tertiary/aromatic N) is 1. The van der Waals surface area contributed by atoms with Crippen LogP contribution in [0.5, 0.6) is 23.0 Å². The molecule has 0 heterocycles. The molecule has 0 N–H and O–H groups in total. The van der Waals surface area contributed by atoms with E-state index in [1.165, 1.54) is 32.4 Å². The van der Waals surface area contributed by atoms with E-state index in [0.717, 1.165) is 25.7 Å². The zero-order valence-corrected chi connectivity index (χ0v) is 23.8. The van der Waals surface area contributed by atoms with Gasteiger partial charge >= 0.3 is 5.97 Å². The number of hydrogen-bond donors (Lipinski definition) is 0. The maximum Gasteiger partial charge on any atom is 0.354 e. The molecule has 1 aliphatic carbocycles. The zero-order valence-electron chi connectivity index (χ0n) is 23.8. The predicted molar refractivity (Wildman–Crippen MR) is 158 cm³/mol. The molecule has 0 amide bonds. The molecule has 0 aromatic heterocycles. The first-order chi connectivity index (χ1) is 20.4. The van der Waals surface area contributed by atoms with Gasteiger partial charge in [0.15, 0.2) is 34.6 Å². The normalized spacial score (nSPS) is 12.4. The highest BCUT2D eigenvalue weighted by Crippen LogP contribution is 2.33. The van der Waals surface area contributed by atoms with Gasteiger partial charge in [0.25, 0.3) is 0 Å². The van der Waals surface area contributed by atoms with Crippen LogP contribution in [0, 0.1) is 11.3 Å². The number of hydrogen-bond acceptors (Lipinski definition) is 8. The highest BCUT2D eigenvalue weighted by atomic mass is 16.6. The largest absolute Gasteiger partial charge is 0.493 e. The van der Waals surface area contributed by atoms with E-state index >= 15 is 0 Å². The molecule has 0 spiro atoms. The lowest BCUT2D eigenvalue weighted by Gasteiger charge is -2.12. The van der Waals surface area contributed by atoms with E-state index in [1.54, 1.807) is 54.6 Å². The van der Waals surface area contributed by atoms with Crippen molar-refractivity contribution in [3.63, 3.8) is 0 Å². The van der Waals surface area contributed by atoms with Crippen molar-refractivity contribution in [1.29, 1.82) is 5.26 Å². The molecule has 8 heteroatoms. The second-order valence-corrected chi connectivity index (χ2v) is 9.55. The second kappa shape index (κ2) is 14.0. The van der Waals surface area contributed by atoms with Gasteiger partial charge in [-0.05, 0) is 54.0 Å². The van der Waals surface area contributed by atoms with Crippen LogP contribution in [0.4, 0.5) is 0 Å². The van der Waals surface area contributed by atoms with Crippen molar-refractivity contribution in [1.82, 2.24) is 0 Å². The van der Waals surface area contributed by atoms with E-state index < -0.39 is 5.97 Å². The first kappa shape index (κ1) is 29.8. The number of nitriles is 1. The average molecular weight is 566 g/mol. The first-order valence-electron chi connectivity index (χ1n) is 13.6. The number of rotatable bonds is 12. The van der Waals surface area contributed by atoms with Crippen molar-refractivity contribution in [2.45, 2.75) is 32.6 Å². The first-order valence-corrected chi connectivity index (χ1v) is 13.6. The van der Waals surface area contributed by atoms with E-state index in [1.807, 2.05) is 6.07 Å². The van der Waals surface area contributed by atoms with Crippen LogP contribution in [0.1, 0.15) is 64.4 Å². The van der Waals surface area contributed by atoms with Crippen LogP contribution < -0.4 is 18.9 Å². The summed E-state index contributed by atoms with van der Waals surface area (Å²) in [6.07, 6.45) is 7.20. The summed E-state index contributed by atoms with van der Waals surface area (Å²) in [7, 11) is 2.92. The number of carbonyl (C=O) groups excluding carboxylic acids is 3. The molecule has 42 heavy (non-hydrogen) atoms. The van der Waals surface area contributed by atoms with Crippen LogP contribution >= 0.6 is 0 Å². The third kappa shape index (κ3) is 6.76. The lowest BCUT2D eigenvalue weighted by molar-refractivity contribution is -0.129. The molecule has 4 rings (SSSR count). The maximum atomic E-state index is 12.9. The summed E-state index contributed by atoms with van der Waals surface area (Å²) in [6.45, 7) is 2.72. The van der Waals surface area contributed by atoms with E-state index in [4.69, 9.17) is 18.9 Å². The Labute approximate surface area is 244 Å². The molecular weight excluding hydrogens is 534 g/mol. The van der Waals surface area contributed by atoms with Crippen LogP contribution in [0.25, 0.3) is 12.2 Å². The van der Waals surface area contributed by atoms with Crippen molar-refractivity contribution in [2.75, 3.05) is 20.8 Å². The highest BCUT2D eigenvalue weighted by Gasteiger charge is 2.32. The Morgan fingerprint density at radius 2 is 1.43 bits per heavy atom. The number of allylic oxidation sites excluding steroid dienone is 1. The van der Waals surface area contributed by atoms with Gasteiger partial charge in [-0.15, -0.1) is 0 Å². The van der Waals surface area contributed by atoms with Crippen LogP contribution in [0.3, 0.4) is 0 Å². The summed E-state index contributed by atoms with van der Waals surface area (Å²) < 4.78 is 22.1. The van der Waals surface area contributed by atoms with Gasteiger partial charge in [0, 0.05) is 11.1 Å². The Bertz CT molecular complexity index is 1570. The topological polar surface area (TPSA) is 112 Å². The molecule has 1 aliphatic rings. The van der Waals surface area contributed by atoms with E-state index in [0.29, 0.717) is 40.4 Å². The molecule has 214 valence electrons. The molecule has 0 saturated carbocycles. The molecule has 8 nitrogen and oxygen atoms in total. The summed E-state index contributed by atoms with van der Waals surface area (Å²) in [5, 5.41) is 9.68. The standard InChI is InChI=1S/C34H31NO7/c1-4-5-6-9-16-41-28-14-12-22(19-30(28)39-2)17-24(21-35)34(38)42-29-15-13-23(20-31(29)40-3)18-27-32(36)25-10-7-8-11-26(25)33(27)37/h7-8,10-15,17-20H,4-6,9,16H2,1-3H3. The van der Waals surface area contributed by atoms with Crippen molar-refractivity contribution in [3.8, 4) is 29.1 Å². The Balaban J connectivity index is 1.49. The highest BCUT2D eigenvalue weighted by molar-refractivity contribution is 6.41. The Hall–Kier alpha value is -5.16. The number of benzene rings is 3. The number of Topliss-reactive ketones (excluding diaryl/α,β-unsaturated/α-hetero) is 2. The van der Waals surface area contributed by atoms with Crippen LogP contribution in [-0.2, 0) is 4.79 Å². The van der Waals surface area contributed by atoms with Gasteiger partial charge in [0.1, 0.15) is 11.6 Å². The van der Waals surface area contributed by atoms with E-state index in [-0.39, 0.29) is 34.2 Å². The number of ether oxygens (including phenoxy) is 4. The molecular formula is C34H31NO7. The summed E-state index contributed by atoms with van der Waals surface area (Å²) in [4.78, 5) is 38.4. The number of methoxy groups -OCH3 is 2. The summed E-state index contributed by atoms with van der Waals surface area (Å²) in [6, 6.07) is 18.3. The van der Waals surface area contributed by atoms with Crippen LogP contribution in [0.2, 0.25) is 0 Å². The van der Waals surface area contributed by atoms with Crippen LogP contribution in [-0.4, -0.2) is 38.4 Å². The fourth-order valence-corrected chi connectivity index (χ4v) is 4.49. The Morgan fingerprint density at radius 3 is 2.07 bits per heavy atom. The number of ketones is 2. The molecule has 0 radical (unpaired) electrons. The van der Waals surface area contributed by atoms with Gasteiger partial charge in [-0.3, -0.25) is 9.59 Å². The second-order valence-electron chi connectivity index (χ2n) is 9.55. The minimum absolute atomic E-state index is 0.0426. The molecule has 3 aromatic rings. The lowest BCUT2D eigenvalue weighted by Crippen LogP contribution is -2.11. The van der Waals surface area contributed by atoms with Crippen molar-refractivity contribution < 1.29 is 33.3 Å². The van der Waals surface area contributed by atoms with Crippen molar-refractivity contribution in [3.05, 3.63) is 94.1 Å². The number of carbonyl (C=O) groups is 3. The minimum atomic E-state index is -0.881. The summed E-state index contributed by atoms with van der Waals surface area (Å²) in [5.74, 6) is -0.256. The fourth-order valence-electron chi connectivity index (χ4n) is 4.49. The molecule has 0 bridgehead atoms. The van der Waals surface area contributed by atoms with Crippen molar-refractivity contribution >= 4 is 29.7 Å². The third-order valence-electron chi connectivity index (χ3n) is 6.70. The molecule has 0 atom stereocenters. The SMILES string of the molecule is CCCCCCOc1ccc(C=C(C#N)C(=O)Oc2ccc(C=C3C(=O)c4ccccc4C3=O)cc2OC)cc1OC. The fraction of sp³-hybridized carbons (Fsp3) is 0.235. The summed E-state index contributed by atoms with van der Waals surface area (Å²) in [5.41, 5.74) is 1.60. The quantitative estimate of drug-likeness (QED) is 0.0600. The van der Waals surface area contributed by atoms with Crippen LogP contribution in [0.15, 0.2) is 71.8 Å². The average Bonchev–Trinajstić information content (AvgIpc) is 3.25. The van der Waals surface area contributed by atoms with Gasteiger partial charge in [0.2, 0.25) is 0 Å². The van der Waals surface area contributed by atoms with Crippen molar-refractivity contribution in [2.24, 2.45) is 0 Å². The van der Waals surface area contributed by atoms with Gasteiger partial charge < -0.3 is 18.9 Å². The summed E-state index contributed by atoms with van der Waals surface area (Å²) >= 11 is 0. The monoisotopic (exact) mass is 565 g/mol. The predicted octanol–water partition coefficient (Wildman–Crippen LogP) is 6.64. The van der Waals surface area contributed by atoms with Gasteiger partial charge in [-0.1, -0.05) is 62.6 Å². The molecule has 0 saturated heterocycles. The Kier molecular flexibility index (Phi) is 9.90. The van der Waals surface area contributed by atoms with Gasteiger partial charge in [-0.2, -0.15) is 5.26 Å². The molecule has 0 unspecified atom stereocenters. The maximum absolute atomic E-state index is 12.9. The van der Waals surface area contributed by atoms with Gasteiger partial charge in [0.05, 0.1) is 26.4 Å².